The smallest absolute Gasteiger partial charge is 0.318 e. The standard InChI is InChI=1S/C27H26F3N5O2S/c1-3-22(36)31-9-10-32-26-19-12-20(28)18(16-7-4-8-17-23(29)25(30)38-24(16)17)13-21(19)33-27(34-26)37-14-15-6-5-11-35(15)2/h3-4,7-8,12-13,15H,1,5-6,9-11,14H2,2H3,(H,31,36)(H,32,33,34)/t15-/m0/s1. The molecule has 1 atom stereocenters. The van der Waals surface area contributed by atoms with Gasteiger partial charge in [-0.1, -0.05) is 24.8 Å². The van der Waals surface area contributed by atoms with Crippen LogP contribution in [0.4, 0.5) is 19.0 Å². The van der Waals surface area contributed by atoms with E-state index >= 15 is 4.39 Å². The maximum Gasteiger partial charge on any atom is 0.318 e. The van der Waals surface area contributed by atoms with Gasteiger partial charge in [0.15, 0.2) is 5.82 Å². The van der Waals surface area contributed by atoms with Crippen LogP contribution in [0.15, 0.2) is 43.0 Å². The summed E-state index contributed by atoms with van der Waals surface area (Å²) < 4.78 is 50.0. The number of carbonyl (C=O) groups excluding carboxylic acids is 1. The number of ether oxygens (including phenoxy) is 1. The maximum absolute atomic E-state index is 15.5. The summed E-state index contributed by atoms with van der Waals surface area (Å²) in [4.78, 5) is 22.7. The molecular weight excluding hydrogens is 515 g/mol. The van der Waals surface area contributed by atoms with E-state index in [-0.39, 0.29) is 35.5 Å². The third kappa shape index (κ3) is 5.16. The van der Waals surface area contributed by atoms with Crippen LogP contribution in [-0.4, -0.2) is 60.1 Å². The molecule has 7 nitrogen and oxygen atoms in total. The average molecular weight is 542 g/mol. The molecule has 38 heavy (non-hydrogen) atoms. The van der Waals surface area contributed by atoms with Crippen molar-refractivity contribution in [3.8, 4) is 17.1 Å². The molecule has 2 aromatic heterocycles. The van der Waals surface area contributed by atoms with Gasteiger partial charge in [-0.15, -0.1) is 11.3 Å². The molecule has 0 bridgehead atoms. The summed E-state index contributed by atoms with van der Waals surface area (Å²) in [5.74, 6) is -1.50. The van der Waals surface area contributed by atoms with Crippen LogP contribution in [0.3, 0.4) is 0 Å². The van der Waals surface area contributed by atoms with Crippen molar-refractivity contribution in [2.24, 2.45) is 0 Å². The Morgan fingerprint density at radius 2 is 2.05 bits per heavy atom. The minimum atomic E-state index is -0.946. The third-order valence-electron chi connectivity index (χ3n) is 6.65. The van der Waals surface area contributed by atoms with Gasteiger partial charge in [0.2, 0.25) is 11.0 Å². The molecule has 0 unspecified atom stereocenters. The van der Waals surface area contributed by atoms with Gasteiger partial charge in [0, 0.05) is 45.7 Å². The third-order valence-corrected chi connectivity index (χ3v) is 7.65. The van der Waals surface area contributed by atoms with Crippen molar-refractivity contribution in [2.45, 2.75) is 18.9 Å². The number of fused-ring (bicyclic) bond motifs is 2. The Balaban J connectivity index is 1.53. The van der Waals surface area contributed by atoms with Gasteiger partial charge < -0.3 is 20.3 Å². The second kappa shape index (κ2) is 11.0. The number of hydrogen-bond donors (Lipinski definition) is 2. The van der Waals surface area contributed by atoms with Gasteiger partial charge in [-0.05, 0) is 44.6 Å². The Kier molecular flexibility index (Phi) is 7.48. The van der Waals surface area contributed by atoms with E-state index in [1.807, 2.05) is 7.05 Å². The first kappa shape index (κ1) is 25.9. The largest absolute Gasteiger partial charge is 0.462 e. The fraction of sp³-hybridized carbons (Fsp3) is 0.296. The zero-order valence-electron chi connectivity index (χ0n) is 20.7. The van der Waals surface area contributed by atoms with Crippen LogP contribution in [0, 0.1) is 16.8 Å². The summed E-state index contributed by atoms with van der Waals surface area (Å²) in [5, 5.41) is 5.34. The molecule has 2 aromatic carbocycles. The van der Waals surface area contributed by atoms with Crippen molar-refractivity contribution in [3.05, 3.63) is 59.8 Å². The molecule has 1 aliphatic heterocycles. The first-order valence-corrected chi connectivity index (χ1v) is 13.0. The van der Waals surface area contributed by atoms with Crippen molar-refractivity contribution in [1.82, 2.24) is 20.2 Å². The van der Waals surface area contributed by atoms with E-state index in [1.165, 1.54) is 24.3 Å². The van der Waals surface area contributed by atoms with E-state index in [1.54, 1.807) is 12.1 Å². The molecular formula is C27H26F3N5O2S. The van der Waals surface area contributed by atoms with Gasteiger partial charge in [-0.2, -0.15) is 14.4 Å². The minimum Gasteiger partial charge on any atom is -0.462 e. The number of likely N-dealkylation sites (tertiary alicyclic amines) is 1. The molecule has 0 aliphatic carbocycles. The van der Waals surface area contributed by atoms with Crippen molar-refractivity contribution in [2.75, 3.05) is 38.6 Å². The highest BCUT2D eigenvalue weighted by molar-refractivity contribution is 7.18. The summed E-state index contributed by atoms with van der Waals surface area (Å²) in [7, 11) is 2.04. The van der Waals surface area contributed by atoms with E-state index in [2.05, 4.69) is 32.1 Å². The zero-order valence-corrected chi connectivity index (χ0v) is 21.5. The Labute approximate surface area is 221 Å². The molecule has 0 spiro atoms. The lowest BCUT2D eigenvalue weighted by Gasteiger charge is -2.19. The van der Waals surface area contributed by atoms with Crippen molar-refractivity contribution < 1.29 is 22.7 Å². The molecule has 0 radical (unpaired) electrons. The number of thiophene rings is 1. The molecule has 198 valence electrons. The lowest BCUT2D eigenvalue weighted by atomic mass is 10.0. The number of aromatic nitrogens is 2. The summed E-state index contributed by atoms with van der Waals surface area (Å²) in [6, 6.07) is 7.85. The minimum absolute atomic E-state index is 0.0980. The molecule has 4 aromatic rings. The van der Waals surface area contributed by atoms with Gasteiger partial charge >= 0.3 is 6.01 Å². The Bertz CT molecular complexity index is 1530. The molecule has 2 N–H and O–H groups in total. The zero-order chi connectivity index (χ0) is 26.8. The fourth-order valence-electron chi connectivity index (χ4n) is 4.61. The van der Waals surface area contributed by atoms with Crippen LogP contribution in [0.25, 0.3) is 32.1 Å². The van der Waals surface area contributed by atoms with E-state index in [4.69, 9.17) is 4.74 Å². The Hall–Kier alpha value is -3.70. The number of halogens is 3. The second-order valence-corrected chi connectivity index (χ2v) is 10.1. The molecule has 11 heteroatoms. The van der Waals surface area contributed by atoms with Gasteiger partial charge in [0.05, 0.1) is 5.52 Å². The highest BCUT2D eigenvalue weighted by atomic mass is 32.1. The first-order valence-electron chi connectivity index (χ1n) is 12.2. The number of carbonyl (C=O) groups is 1. The molecule has 1 amide bonds. The van der Waals surface area contributed by atoms with Crippen LogP contribution in [0.1, 0.15) is 12.8 Å². The van der Waals surface area contributed by atoms with E-state index < -0.39 is 16.8 Å². The quantitative estimate of drug-likeness (QED) is 0.226. The van der Waals surface area contributed by atoms with Crippen LogP contribution in [-0.2, 0) is 4.79 Å². The van der Waals surface area contributed by atoms with E-state index in [9.17, 15) is 13.6 Å². The number of rotatable bonds is 9. The van der Waals surface area contributed by atoms with Crippen LogP contribution in [0.2, 0.25) is 0 Å². The fourth-order valence-corrected chi connectivity index (χ4v) is 5.54. The highest BCUT2D eigenvalue weighted by Gasteiger charge is 2.23. The van der Waals surface area contributed by atoms with Crippen molar-refractivity contribution in [1.29, 1.82) is 0 Å². The number of hydrogen-bond acceptors (Lipinski definition) is 7. The maximum atomic E-state index is 15.5. The predicted molar refractivity (Wildman–Crippen MR) is 143 cm³/mol. The number of likely N-dealkylation sites (N-methyl/N-ethyl adjacent to an activating group) is 1. The molecule has 5 rings (SSSR count). The highest BCUT2D eigenvalue weighted by Crippen LogP contribution is 2.39. The van der Waals surface area contributed by atoms with Crippen molar-refractivity contribution >= 4 is 44.1 Å². The number of anilines is 1. The van der Waals surface area contributed by atoms with Crippen LogP contribution in [0.5, 0.6) is 6.01 Å². The SMILES string of the molecule is C=CC(=O)NCCNc1nc(OC[C@@H]2CCCN2C)nc2cc(-c3cccc4c(F)c(F)sc34)c(F)cc12. The lowest BCUT2D eigenvalue weighted by Crippen LogP contribution is -2.31. The summed E-state index contributed by atoms with van der Waals surface area (Å²) in [6.45, 7) is 5.42. The predicted octanol–water partition coefficient (Wildman–Crippen LogP) is 5.12. The monoisotopic (exact) mass is 541 g/mol. The van der Waals surface area contributed by atoms with Crippen LogP contribution < -0.4 is 15.4 Å². The molecule has 1 fully saturated rings. The normalized spacial score (nSPS) is 15.7. The molecule has 1 saturated heterocycles. The number of amides is 1. The number of nitrogens with one attached hydrogen (secondary N) is 2. The number of nitrogens with zero attached hydrogens (tertiary/aromatic N) is 3. The van der Waals surface area contributed by atoms with Gasteiger partial charge in [-0.25, -0.2) is 8.78 Å². The van der Waals surface area contributed by atoms with Gasteiger partial charge in [0.25, 0.3) is 0 Å². The molecule has 1 aliphatic rings. The summed E-state index contributed by atoms with van der Waals surface area (Å²) >= 11 is 0.636. The van der Waals surface area contributed by atoms with Crippen molar-refractivity contribution in [3.63, 3.8) is 0 Å². The molecule has 0 saturated carbocycles. The van der Waals surface area contributed by atoms with Crippen LogP contribution >= 0.6 is 11.3 Å². The summed E-state index contributed by atoms with van der Waals surface area (Å²) in [5.41, 5.74) is 0.928. The van der Waals surface area contributed by atoms with Gasteiger partial charge in [-0.3, -0.25) is 4.79 Å². The van der Waals surface area contributed by atoms with E-state index in [0.29, 0.717) is 51.5 Å². The Morgan fingerprint density at radius 1 is 1.21 bits per heavy atom. The lowest BCUT2D eigenvalue weighted by molar-refractivity contribution is -0.116. The van der Waals surface area contributed by atoms with Gasteiger partial charge in [0.1, 0.15) is 18.2 Å². The first-order chi connectivity index (χ1) is 18.4. The Morgan fingerprint density at radius 3 is 2.82 bits per heavy atom. The average Bonchev–Trinajstić information content (AvgIpc) is 3.46. The molecule has 3 heterocycles. The second-order valence-electron chi connectivity index (χ2n) is 9.09. The van der Waals surface area contributed by atoms with E-state index in [0.717, 1.165) is 19.4 Å². The summed E-state index contributed by atoms with van der Waals surface area (Å²) in [6.07, 6.45) is 3.27. The topological polar surface area (TPSA) is 79.4 Å². The number of benzene rings is 2.